The molecular formula is C19H26N2O3. The van der Waals surface area contributed by atoms with Crippen molar-refractivity contribution in [3.8, 4) is 11.8 Å². The molecule has 0 saturated heterocycles. The van der Waals surface area contributed by atoms with Crippen molar-refractivity contribution >= 4 is 6.09 Å². The van der Waals surface area contributed by atoms with Gasteiger partial charge in [-0.2, -0.15) is 5.26 Å². The summed E-state index contributed by atoms with van der Waals surface area (Å²) in [5.74, 6) is 0.779. The molecule has 0 unspecified atom stereocenters. The highest BCUT2D eigenvalue weighted by atomic mass is 16.6. The molecule has 0 aliphatic carbocycles. The van der Waals surface area contributed by atoms with Crippen molar-refractivity contribution in [2.45, 2.75) is 59.1 Å². The number of rotatable bonds is 3. The van der Waals surface area contributed by atoms with Crippen LogP contribution in [0.2, 0.25) is 0 Å². The summed E-state index contributed by atoms with van der Waals surface area (Å²) in [5.41, 5.74) is 1.04. The van der Waals surface area contributed by atoms with Crippen LogP contribution >= 0.6 is 0 Å². The molecular weight excluding hydrogens is 304 g/mol. The van der Waals surface area contributed by atoms with Gasteiger partial charge in [-0.3, -0.25) is 0 Å². The van der Waals surface area contributed by atoms with Gasteiger partial charge in [0.1, 0.15) is 11.4 Å². The molecule has 5 heteroatoms. The van der Waals surface area contributed by atoms with Crippen LogP contribution in [-0.2, 0) is 11.2 Å². The average molecular weight is 330 g/mol. The van der Waals surface area contributed by atoms with Crippen molar-refractivity contribution in [2.75, 3.05) is 6.61 Å². The minimum atomic E-state index is -0.531. The number of nitrogens with one attached hydrogen (secondary N) is 1. The van der Waals surface area contributed by atoms with E-state index >= 15 is 0 Å². The lowest BCUT2D eigenvalue weighted by Gasteiger charge is -2.29. The average Bonchev–Trinajstić information content (AvgIpc) is 2.45. The molecule has 24 heavy (non-hydrogen) atoms. The van der Waals surface area contributed by atoms with Crippen LogP contribution in [0, 0.1) is 16.7 Å². The zero-order chi connectivity index (χ0) is 18.0. The van der Waals surface area contributed by atoms with Crippen LogP contribution in [0.4, 0.5) is 4.79 Å². The molecule has 1 aliphatic rings. The number of fused-ring (bicyclic) bond motifs is 1. The summed E-state index contributed by atoms with van der Waals surface area (Å²) in [5, 5.41) is 12.2. The van der Waals surface area contributed by atoms with E-state index in [9.17, 15) is 10.1 Å². The van der Waals surface area contributed by atoms with Gasteiger partial charge in [0.2, 0.25) is 0 Å². The Balaban J connectivity index is 2.19. The Hall–Kier alpha value is -2.22. The minimum absolute atomic E-state index is 0.145. The Kier molecular flexibility index (Phi) is 5.08. The lowest BCUT2D eigenvalue weighted by atomic mass is 9.86. The summed E-state index contributed by atoms with van der Waals surface area (Å²) in [4.78, 5) is 12.1. The summed E-state index contributed by atoms with van der Waals surface area (Å²) in [6, 6.07) is 8.09. The maximum absolute atomic E-state index is 12.1. The smallest absolute Gasteiger partial charge is 0.408 e. The third-order valence-electron chi connectivity index (χ3n) is 3.75. The maximum Gasteiger partial charge on any atom is 0.408 e. The number of nitrogens with zero attached hydrogens (tertiary/aromatic N) is 1. The zero-order valence-corrected chi connectivity index (χ0v) is 15.1. The maximum atomic E-state index is 12.1. The van der Waals surface area contributed by atoms with Gasteiger partial charge in [-0.15, -0.1) is 0 Å². The Labute approximate surface area is 144 Å². The highest BCUT2D eigenvalue weighted by Gasteiger charge is 2.27. The first-order chi connectivity index (χ1) is 11.1. The van der Waals surface area contributed by atoms with Gasteiger partial charge in [0, 0.05) is 12.0 Å². The number of benzene rings is 1. The van der Waals surface area contributed by atoms with Gasteiger partial charge in [-0.05, 0) is 58.7 Å². The zero-order valence-electron chi connectivity index (χ0n) is 15.1. The molecule has 0 radical (unpaired) electrons. The van der Waals surface area contributed by atoms with Gasteiger partial charge in [0.25, 0.3) is 0 Å². The van der Waals surface area contributed by atoms with E-state index in [0.717, 1.165) is 16.9 Å². The van der Waals surface area contributed by atoms with E-state index in [4.69, 9.17) is 9.47 Å². The number of ether oxygens (including phenoxy) is 2. The molecule has 0 fully saturated rings. The molecule has 1 N–H and O–H groups in total. The lowest BCUT2D eigenvalue weighted by Crippen LogP contribution is -2.36. The van der Waals surface area contributed by atoms with E-state index < -0.39 is 17.1 Å². The number of carbonyl (C=O) groups is 1. The summed E-state index contributed by atoms with van der Waals surface area (Å²) in [6.45, 7) is 9.90. The number of amides is 1. The monoisotopic (exact) mass is 330 g/mol. The van der Waals surface area contributed by atoms with Gasteiger partial charge in [-0.1, -0.05) is 6.07 Å². The van der Waals surface area contributed by atoms with Crippen molar-refractivity contribution in [2.24, 2.45) is 5.41 Å². The predicted molar refractivity (Wildman–Crippen MR) is 91.8 cm³/mol. The van der Waals surface area contributed by atoms with E-state index in [-0.39, 0.29) is 6.04 Å². The molecule has 1 aromatic rings. The Morgan fingerprint density at radius 1 is 1.38 bits per heavy atom. The fourth-order valence-corrected chi connectivity index (χ4v) is 2.70. The Morgan fingerprint density at radius 3 is 2.71 bits per heavy atom. The second kappa shape index (κ2) is 6.72. The number of alkyl carbamates (subject to hydrolysis) is 1. The van der Waals surface area contributed by atoms with E-state index in [0.29, 0.717) is 19.4 Å². The molecule has 1 atom stereocenters. The minimum Gasteiger partial charge on any atom is -0.493 e. The van der Waals surface area contributed by atoms with Crippen molar-refractivity contribution in [1.29, 1.82) is 5.26 Å². The molecule has 0 spiro atoms. The molecule has 5 nitrogen and oxygen atoms in total. The third kappa shape index (κ3) is 4.89. The molecule has 1 aliphatic heterocycles. The van der Waals surface area contributed by atoms with Crippen molar-refractivity contribution < 1.29 is 14.3 Å². The second-order valence-electron chi connectivity index (χ2n) is 7.88. The standard InChI is InChI=1S/C19H26N2O3/c1-18(2,3)24-17(22)21-15-8-9-23-16-7-6-13(10-14(15)16)11-19(4,5)12-20/h6-7,10,15H,8-9,11H2,1-5H3,(H,21,22)/t15-/m0/s1. The molecule has 1 amide bonds. The molecule has 1 aromatic carbocycles. The fourth-order valence-electron chi connectivity index (χ4n) is 2.70. The van der Waals surface area contributed by atoms with Crippen LogP contribution < -0.4 is 10.1 Å². The first-order valence-electron chi connectivity index (χ1n) is 8.26. The molecule has 0 bridgehead atoms. The van der Waals surface area contributed by atoms with E-state index in [1.54, 1.807) is 0 Å². The van der Waals surface area contributed by atoms with Crippen molar-refractivity contribution in [3.05, 3.63) is 29.3 Å². The van der Waals surface area contributed by atoms with Gasteiger partial charge < -0.3 is 14.8 Å². The van der Waals surface area contributed by atoms with Gasteiger partial charge in [0.15, 0.2) is 0 Å². The molecule has 0 aromatic heterocycles. The molecule has 2 rings (SSSR count). The van der Waals surface area contributed by atoms with E-state index in [1.165, 1.54) is 0 Å². The van der Waals surface area contributed by atoms with E-state index in [1.807, 2.05) is 52.8 Å². The number of hydrogen-bond donors (Lipinski definition) is 1. The Bertz CT molecular complexity index is 654. The van der Waals surface area contributed by atoms with Crippen molar-refractivity contribution in [1.82, 2.24) is 5.32 Å². The first kappa shape index (κ1) is 18.1. The predicted octanol–water partition coefficient (Wildman–Crippen LogP) is 4.13. The van der Waals surface area contributed by atoms with Crippen LogP contribution in [0.5, 0.6) is 5.75 Å². The highest BCUT2D eigenvalue weighted by Crippen LogP contribution is 2.34. The molecule has 130 valence electrons. The van der Waals surface area contributed by atoms with Gasteiger partial charge >= 0.3 is 6.09 Å². The summed E-state index contributed by atoms with van der Waals surface area (Å²) < 4.78 is 11.0. The normalized spacial score (nSPS) is 17.2. The number of nitriles is 1. The van der Waals surface area contributed by atoms with Crippen LogP contribution in [0.1, 0.15) is 58.2 Å². The molecule has 0 saturated carbocycles. The number of hydrogen-bond acceptors (Lipinski definition) is 4. The largest absolute Gasteiger partial charge is 0.493 e. The first-order valence-corrected chi connectivity index (χ1v) is 8.26. The summed E-state index contributed by atoms with van der Waals surface area (Å²) >= 11 is 0. The fraction of sp³-hybridized carbons (Fsp3) is 0.579. The number of carbonyl (C=O) groups excluding carboxylic acids is 1. The van der Waals surface area contributed by atoms with Crippen molar-refractivity contribution in [3.63, 3.8) is 0 Å². The quantitative estimate of drug-likeness (QED) is 0.904. The molecule has 1 heterocycles. The van der Waals surface area contributed by atoms with E-state index in [2.05, 4.69) is 11.4 Å². The van der Waals surface area contributed by atoms with Crippen LogP contribution in [-0.4, -0.2) is 18.3 Å². The highest BCUT2D eigenvalue weighted by molar-refractivity contribution is 5.68. The second-order valence-corrected chi connectivity index (χ2v) is 7.88. The topological polar surface area (TPSA) is 71.4 Å². The summed E-state index contributed by atoms with van der Waals surface area (Å²) in [6.07, 6.45) is 0.913. The summed E-state index contributed by atoms with van der Waals surface area (Å²) in [7, 11) is 0. The SMILES string of the molecule is CC(C)(C#N)Cc1ccc2c(c1)[C@@H](NC(=O)OC(C)(C)C)CCO2. The van der Waals surface area contributed by atoms with Crippen LogP contribution in [0.15, 0.2) is 18.2 Å². The van der Waals surface area contributed by atoms with Crippen LogP contribution in [0.25, 0.3) is 0 Å². The van der Waals surface area contributed by atoms with Crippen LogP contribution in [0.3, 0.4) is 0 Å². The third-order valence-corrected chi connectivity index (χ3v) is 3.75. The van der Waals surface area contributed by atoms with Gasteiger partial charge in [0.05, 0.1) is 24.1 Å². The lowest BCUT2D eigenvalue weighted by molar-refractivity contribution is 0.0491. The Morgan fingerprint density at radius 2 is 2.08 bits per heavy atom. The van der Waals surface area contributed by atoms with Gasteiger partial charge in [-0.25, -0.2) is 4.79 Å².